The van der Waals surface area contributed by atoms with Crippen LogP contribution < -0.4 is 21.1 Å². The number of benzene rings is 2. The average Bonchev–Trinajstić information content (AvgIpc) is 3.09. The second-order valence-corrected chi connectivity index (χ2v) is 5.85. The van der Waals surface area contributed by atoms with Crippen molar-refractivity contribution in [3.63, 3.8) is 0 Å². The van der Waals surface area contributed by atoms with E-state index in [4.69, 9.17) is 26.8 Å². The topological polar surface area (TPSA) is 103 Å². The Morgan fingerprint density at radius 2 is 1.58 bits per heavy atom. The van der Waals surface area contributed by atoms with Crippen LogP contribution in [0, 0.1) is 0 Å². The summed E-state index contributed by atoms with van der Waals surface area (Å²) >= 11 is 5.76. The van der Waals surface area contributed by atoms with Crippen LogP contribution in [-0.4, -0.2) is 25.0 Å². The number of nitrogens with two attached hydrogens (primary N) is 1. The molecule has 2 aromatic rings. The molecule has 0 fully saturated rings. The van der Waals surface area contributed by atoms with Gasteiger partial charge in [0.25, 0.3) is 0 Å². The van der Waals surface area contributed by atoms with Crippen LogP contribution in [0.1, 0.15) is 0 Å². The Bertz CT molecular complexity index is 838. The number of para-hydroxylation sites is 2. The first-order valence-electron chi connectivity index (χ1n) is 7.73. The lowest BCUT2D eigenvalue weighted by Gasteiger charge is -2.08. The normalized spacial score (nSPS) is 11.8. The second kappa shape index (κ2) is 7.79. The molecule has 0 atom stereocenters. The fraction of sp³-hybridized carbons (Fsp3) is 0.111. The van der Waals surface area contributed by atoms with Gasteiger partial charge in [-0.05, 0) is 36.4 Å². The van der Waals surface area contributed by atoms with Crippen molar-refractivity contribution in [1.82, 2.24) is 0 Å². The third-order valence-corrected chi connectivity index (χ3v) is 3.80. The minimum atomic E-state index is -0.679. The molecule has 0 amide bonds. The van der Waals surface area contributed by atoms with Gasteiger partial charge in [-0.25, -0.2) is 4.79 Å². The minimum absolute atomic E-state index is 0.0485. The van der Waals surface area contributed by atoms with Crippen LogP contribution in [0.2, 0.25) is 5.02 Å². The number of hydrogen-bond donors (Lipinski definition) is 3. The van der Waals surface area contributed by atoms with Gasteiger partial charge in [0.15, 0.2) is 13.2 Å². The number of anilines is 2. The summed E-state index contributed by atoms with van der Waals surface area (Å²) in [5, 5.41) is 6.56. The molecule has 0 spiro atoms. The van der Waals surface area contributed by atoms with E-state index in [-0.39, 0.29) is 12.3 Å². The van der Waals surface area contributed by atoms with E-state index < -0.39 is 18.4 Å². The highest BCUT2D eigenvalue weighted by atomic mass is 35.5. The van der Waals surface area contributed by atoms with E-state index in [0.29, 0.717) is 16.6 Å². The van der Waals surface area contributed by atoms with E-state index in [0.717, 1.165) is 11.4 Å². The lowest BCUT2D eigenvalue weighted by molar-refractivity contribution is -0.149. The number of esters is 1. The molecular formula is C18H16ClN3O4. The summed E-state index contributed by atoms with van der Waals surface area (Å²) in [4.78, 5) is 23.8. The summed E-state index contributed by atoms with van der Waals surface area (Å²) in [6.45, 7) is -0.800. The van der Waals surface area contributed by atoms with Gasteiger partial charge in [-0.1, -0.05) is 23.7 Å². The number of fused-ring (bicyclic) bond motifs is 1. The van der Waals surface area contributed by atoms with Gasteiger partial charge in [0.2, 0.25) is 5.78 Å². The van der Waals surface area contributed by atoms with E-state index >= 15 is 0 Å². The molecule has 0 radical (unpaired) electrons. The molecule has 0 aromatic heterocycles. The van der Waals surface area contributed by atoms with Crippen LogP contribution >= 0.6 is 11.6 Å². The van der Waals surface area contributed by atoms with E-state index in [1.165, 1.54) is 0 Å². The molecular weight excluding hydrogens is 358 g/mol. The summed E-state index contributed by atoms with van der Waals surface area (Å²) in [5.74, 6) is -0.365. The second-order valence-electron chi connectivity index (χ2n) is 5.41. The van der Waals surface area contributed by atoms with Crippen molar-refractivity contribution >= 4 is 34.7 Å². The standard InChI is InChI=1S/C18H16ClN3O4/c19-11-5-7-12(8-6-11)25-10-16(24)26-9-15(23)17(20)18-21-13-3-1-2-4-14(13)22-18/h1-8,21-22H,9-10,20H2. The molecule has 1 aliphatic heterocycles. The highest BCUT2D eigenvalue weighted by Gasteiger charge is 2.20. The van der Waals surface area contributed by atoms with Gasteiger partial charge in [-0.2, -0.15) is 0 Å². The fourth-order valence-corrected chi connectivity index (χ4v) is 2.34. The lowest BCUT2D eigenvalue weighted by atomic mass is 10.3. The third-order valence-electron chi connectivity index (χ3n) is 3.55. The van der Waals surface area contributed by atoms with Gasteiger partial charge < -0.3 is 25.8 Å². The summed E-state index contributed by atoms with van der Waals surface area (Å²) in [6.07, 6.45) is 0. The monoisotopic (exact) mass is 373 g/mol. The summed E-state index contributed by atoms with van der Waals surface area (Å²) in [7, 11) is 0. The van der Waals surface area contributed by atoms with E-state index in [9.17, 15) is 9.59 Å². The van der Waals surface area contributed by atoms with Crippen molar-refractivity contribution in [2.24, 2.45) is 5.73 Å². The fourth-order valence-electron chi connectivity index (χ4n) is 2.21. The maximum Gasteiger partial charge on any atom is 0.344 e. The van der Waals surface area contributed by atoms with Gasteiger partial charge >= 0.3 is 5.97 Å². The molecule has 1 heterocycles. The Morgan fingerprint density at radius 1 is 0.962 bits per heavy atom. The van der Waals surface area contributed by atoms with Crippen LogP contribution in [-0.2, 0) is 14.3 Å². The molecule has 0 saturated heterocycles. The van der Waals surface area contributed by atoms with Crippen molar-refractivity contribution in [3.05, 3.63) is 65.1 Å². The van der Waals surface area contributed by atoms with Crippen LogP contribution in [0.25, 0.3) is 0 Å². The number of carbonyl (C=O) groups is 2. The number of halogens is 1. The van der Waals surface area contributed by atoms with Crippen LogP contribution in [0.3, 0.4) is 0 Å². The molecule has 4 N–H and O–H groups in total. The number of Topliss-reactive ketones (excluding diaryl/α,β-unsaturated/α-hetero) is 1. The molecule has 134 valence electrons. The smallest absolute Gasteiger partial charge is 0.344 e. The maximum absolute atomic E-state index is 12.1. The predicted molar refractivity (Wildman–Crippen MR) is 97.8 cm³/mol. The van der Waals surface area contributed by atoms with E-state index in [1.54, 1.807) is 24.3 Å². The SMILES string of the molecule is NC(C(=O)COC(=O)COc1ccc(Cl)cc1)=C1Nc2ccccc2N1. The predicted octanol–water partition coefficient (Wildman–Crippen LogP) is 2.50. The molecule has 1 aliphatic rings. The number of rotatable bonds is 6. The first kappa shape index (κ1) is 17.6. The van der Waals surface area contributed by atoms with E-state index in [2.05, 4.69) is 10.6 Å². The summed E-state index contributed by atoms with van der Waals surface area (Å²) in [5.41, 5.74) is 7.41. The quantitative estimate of drug-likeness (QED) is 0.528. The van der Waals surface area contributed by atoms with Crippen LogP contribution in [0.15, 0.2) is 60.0 Å². The Morgan fingerprint density at radius 3 is 2.19 bits per heavy atom. The van der Waals surface area contributed by atoms with Gasteiger partial charge in [-0.3, -0.25) is 4.79 Å². The molecule has 0 bridgehead atoms. The molecule has 3 rings (SSSR count). The Balaban J connectivity index is 1.48. The molecule has 8 heteroatoms. The molecule has 0 unspecified atom stereocenters. The van der Waals surface area contributed by atoms with Gasteiger partial charge in [0, 0.05) is 5.02 Å². The molecule has 7 nitrogen and oxygen atoms in total. The molecule has 2 aromatic carbocycles. The zero-order chi connectivity index (χ0) is 18.5. The largest absolute Gasteiger partial charge is 0.482 e. The van der Waals surface area contributed by atoms with Gasteiger partial charge in [0.05, 0.1) is 11.4 Å². The minimum Gasteiger partial charge on any atom is -0.482 e. The number of ether oxygens (including phenoxy) is 2. The van der Waals surface area contributed by atoms with Gasteiger partial charge in [0.1, 0.15) is 17.3 Å². The molecule has 26 heavy (non-hydrogen) atoms. The Hall–Kier alpha value is -3.19. The third kappa shape index (κ3) is 4.25. The lowest BCUT2D eigenvalue weighted by Crippen LogP contribution is -2.25. The zero-order valence-corrected chi connectivity index (χ0v) is 14.4. The number of ketones is 1. The zero-order valence-electron chi connectivity index (χ0n) is 13.6. The highest BCUT2D eigenvalue weighted by molar-refractivity contribution is 6.30. The first-order chi connectivity index (χ1) is 12.5. The van der Waals surface area contributed by atoms with Crippen molar-refractivity contribution in [1.29, 1.82) is 0 Å². The van der Waals surface area contributed by atoms with Crippen LogP contribution in [0.5, 0.6) is 5.75 Å². The highest BCUT2D eigenvalue weighted by Crippen LogP contribution is 2.30. The summed E-state index contributed by atoms with van der Waals surface area (Å²) in [6, 6.07) is 13.9. The Labute approximate surface area is 154 Å². The Kier molecular flexibility index (Phi) is 5.28. The van der Waals surface area contributed by atoms with Crippen molar-refractivity contribution in [3.8, 4) is 5.75 Å². The average molecular weight is 374 g/mol. The molecule has 0 saturated carbocycles. The first-order valence-corrected chi connectivity index (χ1v) is 8.11. The maximum atomic E-state index is 12.1. The number of carbonyl (C=O) groups excluding carboxylic acids is 2. The van der Waals surface area contributed by atoms with Crippen LogP contribution in [0.4, 0.5) is 11.4 Å². The van der Waals surface area contributed by atoms with Crippen molar-refractivity contribution < 1.29 is 19.1 Å². The number of nitrogens with one attached hydrogen (secondary N) is 2. The number of hydrogen-bond acceptors (Lipinski definition) is 7. The van der Waals surface area contributed by atoms with Crippen molar-refractivity contribution in [2.45, 2.75) is 0 Å². The van der Waals surface area contributed by atoms with E-state index in [1.807, 2.05) is 24.3 Å². The van der Waals surface area contributed by atoms with Gasteiger partial charge in [-0.15, -0.1) is 0 Å². The van der Waals surface area contributed by atoms with Crippen molar-refractivity contribution in [2.75, 3.05) is 23.8 Å². The molecule has 0 aliphatic carbocycles. The summed E-state index contributed by atoms with van der Waals surface area (Å²) < 4.78 is 10.1.